The number of nitrogens with one attached hydrogen (secondary N) is 1. The summed E-state index contributed by atoms with van der Waals surface area (Å²) in [4.78, 5) is 12.2. The molecule has 0 aromatic heterocycles. The molecule has 2 aromatic carbocycles. The van der Waals surface area contributed by atoms with Gasteiger partial charge in [-0.3, -0.25) is 4.79 Å². The summed E-state index contributed by atoms with van der Waals surface area (Å²) < 4.78 is 65.2. The van der Waals surface area contributed by atoms with Crippen molar-refractivity contribution in [2.75, 3.05) is 19.4 Å². The molecule has 0 saturated carbocycles. The Labute approximate surface area is 143 Å². The molecule has 0 radical (unpaired) electrons. The highest BCUT2D eigenvalue weighted by molar-refractivity contribution is 7.89. The fraction of sp³-hybridized carbons (Fsp3) is 0.188. The third-order valence-electron chi connectivity index (χ3n) is 3.52. The van der Waals surface area contributed by atoms with Gasteiger partial charge in [0.1, 0.15) is 0 Å². The highest BCUT2D eigenvalue weighted by atomic mass is 32.2. The summed E-state index contributed by atoms with van der Waals surface area (Å²) in [6.07, 6.45) is 0. The Morgan fingerprint density at radius 2 is 1.68 bits per heavy atom. The van der Waals surface area contributed by atoms with Gasteiger partial charge in [0.05, 0.1) is 10.6 Å². The molecule has 9 heteroatoms. The van der Waals surface area contributed by atoms with Gasteiger partial charge in [-0.15, -0.1) is 0 Å². The average Bonchev–Trinajstić information content (AvgIpc) is 2.55. The molecule has 0 spiro atoms. The van der Waals surface area contributed by atoms with Gasteiger partial charge in [-0.1, -0.05) is 6.07 Å². The fourth-order valence-corrected chi connectivity index (χ4v) is 2.96. The van der Waals surface area contributed by atoms with Crippen molar-refractivity contribution in [2.24, 2.45) is 0 Å². The first kappa shape index (κ1) is 18.9. The predicted octanol–water partition coefficient (Wildman–Crippen LogP) is 2.91. The van der Waals surface area contributed by atoms with Crippen LogP contribution in [0.15, 0.2) is 35.2 Å². The quantitative estimate of drug-likeness (QED) is 0.840. The van der Waals surface area contributed by atoms with E-state index in [1.54, 1.807) is 6.92 Å². The molecule has 0 aliphatic heterocycles. The summed E-state index contributed by atoms with van der Waals surface area (Å²) in [7, 11) is -1.10. The molecule has 2 aromatic rings. The number of aryl methyl sites for hydroxylation is 1. The van der Waals surface area contributed by atoms with E-state index in [1.165, 1.54) is 26.2 Å². The third kappa shape index (κ3) is 3.67. The standard InChI is InChI=1S/C16H15F3N2O3S/c1-9-4-5-10(25(23,24)21(2)3)8-11(9)16(22)20-13-7-6-12(17)14(18)15(13)19/h4-8H,1-3H3,(H,20,22). The van der Waals surface area contributed by atoms with Crippen LogP contribution in [0.3, 0.4) is 0 Å². The van der Waals surface area contributed by atoms with Gasteiger partial charge in [-0.05, 0) is 36.8 Å². The van der Waals surface area contributed by atoms with Gasteiger partial charge in [0.2, 0.25) is 10.0 Å². The molecular formula is C16H15F3N2O3S. The smallest absolute Gasteiger partial charge is 0.256 e. The molecule has 0 bridgehead atoms. The fourth-order valence-electron chi connectivity index (χ4n) is 2.03. The van der Waals surface area contributed by atoms with Gasteiger partial charge < -0.3 is 5.32 Å². The molecule has 0 aliphatic carbocycles. The highest BCUT2D eigenvalue weighted by Crippen LogP contribution is 2.22. The van der Waals surface area contributed by atoms with E-state index in [0.29, 0.717) is 11.6 Å². The minimum Gasteiger partial charge on any atom is -0.319 e. The second-order valence-corrected chi connectivity index (χ2v) is 7.59. The SMILES string of the molecule is Cc1ccc(S(=O)(=O)N(C)C)cc1C(=O)Nc1ccc(F)c(F)c1F. The highest BCUT2D eigenvalue weighted by Gasteiger charge is 2.21. The second-order valence-electron chi connectivity index (χ2n) is 5.44. The van der Waals surface area contributed by atoms with Crippen molar-refractivity contribution in [2.45, 2.75) is 11.8 Å². The lowest BCUT2D eigenvalue weighted by Crippen LogP contribution is -2.23. The van der Waals surface area contributed by atoms with E-state index >= 15 is 0 Å². The Morgan fingerprint density at radius 1 is 1.04 bits per heavy atom. The van der Waals surface area contributed by atoms with Crippen LogP contribution in [0.2, 0.25) is 0 Å². The van der Waals surface area contributed by atoms with Crippen LogP contribution in [0.5, 0.6) is 0 Å². The molecule has 25 heavy (non-hydrogen) atoms. The van der Waals surface area contributed by atoms with E-state index in [4.69, 9.17) is 0 Å². The molecule has 1 amide bonds. The molecule has 0 atom stereocenters. The van der Waals surface area contributed by atoms with Gasteiger partial charge in [-0.2, -0.15) is 0 Å². The number of sulfonamides is 1. The Balaban J connectivity index is 2.42. The third-order valence-corrected chi connectivity index (χ3v) is 5.33. The van der Waals surface area contributed by atoms with Gasteiger partial charge in [0.15, 0.2) is 17.5 Å². The molecule has 134 valence electrons. The van der Waals surface area contributed by atoms with E-state index in [1.807, 2.05) is 0 Å². The summed E-state index contributed by atoms with van der Waals surface area (Å²) in [6.45, 7) is 1.56. The van der Waals surface area contributed by atoms with Crippen molar-refractivity contribution in [3.05, 3.63) is 58.9 Å². The molecular weight excluding hydrogens is 357 g/mol. The lowest BCUT2D eigenvalue weighted by atomic mass is 10.1. The van der Waals surface area contributed by atoms with Crippen molar-refractivity contribution < 1.29 is 26.4 Å². The Morgan fingerprint density at radius 3 is 2.28 bits per heavy atom. The van der Waals surface area contributed by atoms with Crippen molar-refractivity contribution in [3.63, 3.8) is 0 Å². The van der Waals surface area contributed by atoms with Crippen LogP contribution in [-0.2, 0) is 10.0 Å². The van der Waals surface area contributed by atoms with E-state index in [-0.39, 0.29) is 10.5 Å². The van der Waals surface area contributed by atoms with Gasteiger partial charge in [-0.25, -0.2) is 25.9 Å². The number of carbonyl (C=O) groups is 1. The molecule has 2 rings (SSSR count). The number of halogens is 3. The first-order valence-electron chi connectivity index (χ1n) is 7.03. The van der Waals surface area contributed by atoms with Crippen molar-refractivity contribution >= 4 is 21.6 Å². The first-order valence-corrected chi connectivity index (χ1v) is 8.47. The zero-order chi connectivity index (χ0) is 18.9. The van der Waals surface area contributed by atoms with Crippen LogP contribution in [0.4, 0.5) is 18.9 Å². The minimum atomic E-state index is -3.77. The van der Waals surface area contributed by atoms with Crippen LogP contribution < -0.4 is 5.32 Å². The lowest BCUT2D eigenvalue weighted by molar-refractivity contribution is 0.102. The van der Waals surface area contributed by atoms with E-state index < -0.39 is 39.1 Å². The Hall–Kier alpha value is -2.39. The second kappa shape index (κ2) is 6.85. The molecule has 5 nitrogen and oxygen atoms in total. The number of rotatable bonds is 4. The zero-order valence-corrected chi connectivity index (χ0v) is 14.4. The number of amides is 1. The molecule has 0 unspecified atom stereocenters. The topological polar surface area (TPSA) is 66.5 Å². The van der Waals surface area contributed by atoms with E-state index in [2.05, 4.69) is 5.32 Å². The van der Waals surface area contributed by atoms with E-state index in [9.17, 15) is 26.4 Å². The number of benzene rings is 2. The maximum atomic E-state index is 13.7. The maximum Gasteiger partial charge on any atom is 0.256 e. The molecule has 0 aliphatic rings. The van der Waals surface area contributed by atoms with Gasteiger partial charge >= 0.3 is 0 Å². The summed E-state index contributed by atoms with van der Waals surface area (Å²) >= 11 is 0. The number of anilines is 1. The first-order chi connectivity index (χ1) is 11.6. The number of hydrogen-bond donors (Lipinski definition) is 1. The van der Waals surface area contributed by atoms with Gasteiger partial charge in [0, 0.05) is 19.7 Å². The average molecular weight is 372 g/mol. The number of hydrogen-bond acceptors (Lipinski definition) is 3. The van der Waals surface area contributed by atoms with Crippen LogP contribution >= 0.6 is 0 Å². The van der Waals surface area contributed by atoms with Crippen LogP contribution in [0, 0.1) is 24.4 Å². The van der Waals surface area contributed by atoms with Crippen LogP contribution in [0.25, 0.3) is 0 Å². The van der Waals surface area contributed by atoms with Crippen molar-refractivity contribution in [1.82, 2.24) is 4.31 Å². The summed E-state index contributed by atoms with van der Waals surface area (Å²) in [5.41, 5.74) is -0.158. The van der Waals surface area contributed by atoms with E-state index in [0.717, 1.165) is 16.4 Å². The molecule has 0 heterocycles. The van der Waals surface area contributed by atoms with Crippen LogP contribution in [0.1, 0.15) is 15.9 Å². The monoisotopic (exact) mass is 372 g/mol. The molecule has 0 saturated heterocycles. The summed E-state index contributed by atoms with van der Waals surface area (Å²) in [5, 5.41) is 2.11. The summed E-state index contributed by atoms with van der Waals surface area (Å²) in [5.74, 6) is -5.48. The maximum absolute atomic E-state index is 13.7. The minimum absolute atomic E-state index is 0.0351. The lowest BCUT2D eigenvalue weighted by Gasteiger charge is -2.14. The summed E-state index contributed by atoms with van der Waals surface area (Å²) in [6, 6.07) is 5.44. The number of nitrogens with zero attached hydrogens (tertiary/aromatic N) is 1. The van der Waals surface area contributed by atoms with Crippen molar-refractivity contribution in [1.29, 1.82) is 0 Å². The molecule has 1 N–H and O–H groups in total. The Bertz CT molecular complexity index is 944. The van der Waals surface area contributed by atoms with Gasteiger partial charge in [0.25, 0.3) is 5.91 Å². The van der Waals surface area contributed by atoms with Crippen LogP contribution in [-0.4, -0.2) is 32.7 Å². The predicted molar refractivity (Wildman–Crippen MR) is 86.3 cm³/mol. The largest absolute Gasteiger partial charge is 0.319 e. The number of carbonyl (C=O) groups excluding carboxylic acids is 1. The Kier molecular flexibility index (Phi) is 5.19. The molecule has 0 fully saturated rings. The zero-order valence-electron chi connectivity index (χ0n) is 13.6. The normalized spacial score (nSPS) is 11.6. The van der Waals surface area contributed by atoms with Crippen molar-refractivity contribution in [3.8, 4) is 0 Å².